The molecule has 1 fully saturated rings. The van der Waals surface area contributed by atoms with Crippen molar-refractivity contribution >= 4 is 11.6 Å². The van der Waals surface area contributed by atoms with E-state index >= 15 is 0 Å². The van der Waals surface area contributed by atoms with Crippen LogP contribution in [0.4, 0.5) is 0 Å². The van der Waals surface area contributed by atoms with Crippen LogP contribution in [0.15, 0.2) is 48.5 Å². The van der Waals surface area contributed by atoms with Crippen molar-refractivity contribution in [2.45, 2.75) is 57.5 Å². The Labute approximate surface area is 177 Å². The van der Waals surface area contributed by atoms with Gasteiger partial charge in [0.05, 0.1) is 12.2 Å². The molecule has 0 bridgehead atoms. The van der Waals surface area contributed by atoms with E-state index in [1.165, 1.54) is 29.7 Å². The smallest absolute Gasteiger partial charge is 0.151 e. The zero-order chi connectivity index (χ0) is 19.8. The molecule has 0 radical (unpaired) electrons. The standard InChI is InChI=1S/C24H27ClN4/c1-2-28-15-20-14-21(25)12-13-22(20)29-23(16-28)26-27-24(29)19-10-8-18(9-11-19)17-6-4-3-5-7-17/h3-7,12-14,18-19H,2,8-11,15-16H2,1H3/t18-,19-. The van der Waals surface area contributed by atoms with Gasteiger partial charge in [0.25, 0.3) is 0 Å². The molecule has 150 valence electrons. The second-order valence-corrected chi connectivity index (χ2v) is 8.78. The molecule has 0 unspecified atom stereocenters. The maximum atomic E-state index is 6.33. The third-order valence-corrected chi connectivity index (χ3v) is 6.84. The van der Waals surface area contributed by atoms with Crippen LogP contribution in [0, 0.1) is 0 Å². The lowest BCUT2D eigenvalue weighted by Crippen LogP contribution is -2.21. The topological polar surface area (TPSA) is 34.0 Å². The summed E-state index contributed by atoms with van der Waals surface area (Å²) in [7, 11) is 0. The minimum Gasteiger partial charge on any atom is -0.292 e. The van der Waals surface area contributed by atoms with Gasteiger partial charge in [-0.15, -0.1) is 10.2 Å². The Bertz CT molecular complexity index is 989. The molecule has 1 aliphatic carbocycles. The number of hydrogen-bond acceptors (Lipinski definition) is 3. The van der Waals surface area contributed by atoms with Crippen LogP contribution in [0.2, 0.25) is 5.02 Å². The molecule has 5 heteroatoms. The Hall–Kier alpha value is -2.17. The monoisotopic (exact) mass is 406 g/mol. The van der Waals surface area contributed by atoms with Gasteiger partial charge in [0, 0.05) is 17.5 Å². The van der Waals surface area contributed by atoms with Gasteiger partial charge < -0.3 is 0 Å². The van der Waals surface area contributed by atoms with Gasteiger partial charge in [-0.2, -0.15) is 0 Å². The van der Waals surface area contributed by atoms with Gasteiger partial charge in [-0.05, 0) is 67.5 Å². The summed E-state index contributed by atoms with van der Waals surface area (Å²) in [4.78, 5) is 2.40. The number of aromatic nitrogens is 3. The van der Waals surface area contributed by atoms with Gasteiger partial charge >= 0.3 is 0 Å². The van der Waals surface area contributed by atoms with Crippen molar-refractivity contribution in [3.63, 3.8) is 0 Å². The SMILES string of the molecule is CCN1Cc2cc(Cl)ccc2-n2c(nnc2[C@H]2CC[C@H](c3ccccc3)CC2)C1. The van der Waals surface area contributed by atoms with Crippen molar-refractivity contribution in [1.82, 2.24) is 19.7 Å². The molecule has 1 aromatic heterocycles. The lowest BCUT2D eigenvalue weighted by atomic mass is 9.78. The fraction of sp³-hybridized carbons (Fsp3) is 0.417. The molecule has 0 saturated heterocycles. The van der Waals surface area contributed by atoms with Gasteiger partial charge in [0.2, 0.25) is 0 Å². The van der Waals surface area contributed by atoms with Crippen molar-refractivity contribution < 1.29 is 0 Å². The Morgan fingerprint density at radius 2 is 1.69 bits per heavy atom. The van der Waals surface area contributed by atoms with Crippen LogP contribution >= 0.6 is 11.6 Å². The Morgan fingerprint density at radius 3 is 2.45 bits per heavy atom. The highest BCUT2D eigenvalue weighted by atomic mass is 35.5. The molecule has 5 rings (SSSR count). The Kier molecular flexibility index (Phi) is 5.15. The van der Waals surface area contributed by atoms with Crippen LogP contribution in [0.3, 0.4) is 0 Å². The maximum absolute atomic E-state index is 6.33. The second kappa shape index (κ2) is 7.92. The number of fused-ring (bicyclic) bond motifs is 3. The molecule has 0 amide bonds. The van der Waals surface area contributed by atoms with Crippen molar-refractivity contribution in [2.24, 2.45) is 0 Å². The summed E-state index contributed by atoms with van der Waals surface area (Å²) in [5.41, 5.74) is 3.94. The fourth-order valence-corrected chi connectivity index (χ4v) is 5.18. The first-order valence-corrected chi connectivity index (χ1v) is 11.1. The second-order valence-electron chi connectivity index (χ2n) is 8.35. The van der Waals surface area contributed by atoms with Gasteiger partial charge in [0.1, 0.15) is 5.82 Å². The fourth-order valence-electron chi connectivity index (χ4n) is 4.99. The summed E-state index contributed by atoms with van der Waals surface area (Å²) >= 11 is 6.33. The minimum atomic E-state index is 0.466. The molecule has 1 saturated carbocycles. The highest BCUT2D eigenvalue weighted by Crippen LogP contribution is 2.41. The summed E-state index contributed by atoms with van der Waals surface area (Å²) < 4.78 is 2.33. The molecule has 0 atom stereocenters. The quantitative estimate of drug-likeness (QED) is 0.559. The average Bonchev–Trinajstić information content (AvgIpc) is 3.10. The highest BCUT2D eigenvalue weighted by molar-refractivity contribution is 6.30. The highest BCUT2D eigenvalue weighted by Gasteiger charge is 2.30. The molecule has 0 spiro atoms. The van der Waals surface area contributed by atoms with E-state index in [4.69, 9.17) is 16.7 Å². The van der Waals surface area contributed by atoms with Crippen molar-refractivity contribution in [3.05, 3.63) is 76.3 Å². The van der Waals surface area contributed by atoms with Crippen LogP contribution in [-0.4, -0.2) is 26.2 Å². The van der Waals surface area contributed by atoms with E-state index in [0.29, 0.717) is 11.8 Å². The molecule has 2 aromatic carbocycles. The lowest BCUT2D eigenvalue weighted by molar-refractivity contribution is 0.268. The van der Waals surface area contributed by atoms with Gasteiger partial charge in [-0.3, -0.25) is 9.47 Å². The van der Waals surface area contributed by atoms with Crippen LogP contribution in [0.25, 0.3) is 5.69 Å². The first-order valence-electron chi connectivity index (χ1n) is 10.7. The zero-order valence-corrected chi connectivity index (χ0v) is 17.6. The summed E-state index contributed by atoms with van der Waals surface area (Å²) in [5, 5.41) is 10.1. The van der Waals surface area contributed by atoms with Crippen LogP contribution in [-0.2, 0) is 13.1 Å². The predicted molar refractivity (Wildman–Crippen MR) is 117 cm³/mol. The van der Waals surface area contributed by atoms with E-state index in [0.717, 1.165) is 49.1 Å². The molecular formula is C24H27ClN4. The van der Waals surface area contributed by atoms with Gasteiger partial charge in [0.15, 0.2) is 5.82 Å². The van der Waals surface area contributed by atoms with E-state index in [1.807, 2.05) is 6.07 Å². The number of benzene rings is 2. The maximum Gasteiger partial charge on any atom is 0.151 e. The summed E-state index contributed by atoms with van der Waals surface area (Å²) in [6.07, 6.45) is 4.76. The van der Waals surface area contributed by atoms with Crippen molar-refractivity contribution in [2.75, 3.05) is 6.54 Å². The Morgan fingerprint density at radius 1 is 0.931 bits per heavy atom. The van der Waals surface area contributed by atoms with Crippen molar-refractivity contribution in [3.8, 4) is 5.69 Å². The van der Waals surface area contributed by atoms with Gasteiger partial charge in [-0.25, -0.2) is 0 Å². The average molecular weight is 407 g/mol. The normalized spacial score (nSPS) is 22.0. The molecular weight excluding hydrogens is 380 g/mol. The molecule has 2 aliphatic rings. The third kappa shape index (κ3) is 3.60. The summed E-state index contributed by atoms with van der Waals surface area (Å²) in [6, 6.07) is 17.2. The molecule has 2 heterocycles. The minimum absolute atomic E-state index is 0.466. The number of rotatable bonds is 3. The van der Waals surface area contributed by atoms with E-state index < -0.39 is 0 Å². The van der Waals surface area contributed by atoms with Crippen LogP contribution in [0.1, 0.15) is 67.2 Å². The molecule has 4 nitrogen and oxygen atoms in total. The van der Waals surface area contributed by atoms with E-state index in [9.17, 15) is 0 Å². The largest absolute Gasteiger partial charge is 0.292 e. The number of hydrogen-bond donors (Lipinski definition) is 0. The molecule has 1 aliphatic heterocycles. The van der Waals surface area contributed by atoms with Crippen LogP contribution in [0.5, 0.6) is 0 Å². The molecule has 29 heavy (non-hydrogen) atoms. The zero-order valence-electron chi connectivity index (χ0n) is 16.9. The van der Waals surface area contributed by atoms with Crippen LogP contribution < -0.4 is 0 Å². The number of halogens is 1. The first-order chi connectivity index (χ1) is 14.2. The molecule has 3 aromatic rings. The Balaban J connectivity index is 1.46. The third-order valence-electron chi connectivity index (χ3n) is 6.61. The van der Waals surface area contributed by atoms with Gasteiger partial charge in [-0.1, -0.05) is 48.9 Å². The summed E-state index contributed by atoms with van der Waals surface area (Å²) in [5.74, 6) is 3.31. The molecule has 0 N–H and O–H groups in total. The van der Waals surface area contributed by atoms with E-state index in [2.05, 4.69) is 64.0 Å². The van der Waals surface area contributed by atoms with Crippen molar-refractivity contribution in [1.29, 1.82) is 0 Å². The van der Waals surface area contributed by atoms with E-state index in [1.54, 1.807) is 0 Å². The lowest BCUT2D eigenvalue weighted by Gasteiger charge is -2.28. The summed E-state index contributed by atoms with van der Waals surface area (Å²) in [6.45, 7) is 4.91. The van der Waals surface area contributed by atoms with E-state index in [-0.39, 0.29) is 0 Å². The predicted octanol–water partition coefficient (Wildman–Crippen LogP) is 5.70. The first kappa shape index (κ1) is 18.8. The number of nitrogens with zero attached hydrogens (tertiary/aromatic N) is 4.